The van der Waals surface area contributed by atoms with Crippen LogP contribution in [0.25, 0.3) is 11.1 Å². The number of rotatable bonds is 5. The highest BCUT2D eigenvalue weighted by atomic mass is 16.5. The molecule has 22 heavy (non-hydrogen) atoms. The zero-order valence-electron chi connectivity index (χ0n) is 13.1. The lowest BCUT2D eigenvalue weighted by atomic mass is 9.97. The average Bonchev–Trinajstić information content (AvgIpc) is 2.54. The molecular formula is C19H20O3. The molecule has 0 aromatic heterocycles. The maximum absolute atomic E-state index is 11.9. The molecule has 114 valence electrons. The van der Waals surface area contributed by atoms with Crippen LogP contribution >= 0.6 is 0 Å². The number of carbonyl (C=O) groups is 2. The normalized spacial score (nSPS) is 10.5. The van der Waals surface area contributed by atoms with Crippen molar-refractivity contribution in [3.63, 3.8) is 0 Å². The maximum atomic E-state index is 11.9. The molecule has 0 radical (unpaired) electrons. The van der Waals surface area contributed by atoms with E-state index >= 15 is 0 Å². The number of carbonyl (C=O) groups excluding carboxylic acids is 2. The summed E-state index contributed by atoms with van der Waals surface area (Å²) in [5, 5.41) is 0. The van der Waals surface area contributed by atoms with Gasteiger partial charge in [0.05, 0.1) is 12.2 Å². The Balaban J connectivity index is 2.27. The Morgan fingerprint density at radius 1 is 0.955 bits per heavy atom. The second kappa shape index (κ2) is 7.03. The van der Waals surface area contributed by atoms with Crippen LogP contribution in [0.1, 0.15) is 41.5 Å². The summed E-state index contributed by atoms with van der Waals surface area (Å²) in [5.74, 6) is -0.208. The average molecular weight is 296 g/mol. The Morgan fingerprint density at radius 2 is 1.64 bits per heavy atom. The molecule has 0 aliphatic rings. The SMILES string of the molecule is CCOC(=O)c1cccc(-c2ccc(C(=O)C(C)C)cc2)c1. The van der Waals surface area contributed by atoms with Crippen molar-refractivity contribution in [2.75, 3.05) is 6.61 Å². The Hall–Kier alpha value is -2.42. The van der Waals surface area contributed by atoms with Gasteiger partial charge in [0.25, 0.3) is 0 Å². The second-order valence-corrected chi connectivity index (χ2v) is 5.40. The molecule has 0 bridgehead atoms. The highest BCUT2D eigenvalue weighted by molar-refractivity contribution is 5.98. The third kappa shape index (κ3) is 3.61. The molecule has 0 saturated heterocycles. The lowest BCUT2D eigenvalue weighted by molar-refractivity contribution is 0.0526. The monoisotopic (exact) mass is 296 g/mol. The highest BCUT2D eigenvalue weighted by Gasteiger charge is 2.11. The molecule has 0 unspecified atom stereocenters. The minimum absolute atomic E-state index is 0.0157. The van der Waals surface area contributed by atoms with Gasteiger partial charge in [-0.15, -0.1) is 0 Å². The molecule has 3 nitrogen and oxygen atoms in total. The molecule has 0 heterocycles. The summed E-state index contributed by atoms with van der Waals surface area (Å²) in [4.78, 5) is 23.7. The first-order valence-corrected chi connectivity index (χ1v) is 7.44. The van der Waals surface area contributed by atoms with Gasteiger partial charge in [-0.2, -0.15) is 0 Å². The first kappa shape index (κ1) is 16.0. The predicted octanol–water partition coefficient (Wildman–Crippen LogP) is 4.37. The quantitative estimate of drug-likeness (QED) is 0.608. The summed E-state index contributed by atoms with van der Waals surface area (Å²) >= 11 is 0. The van der Waals surface area contributed by atoms with E-state index < -0.39 is 0 Å². The summed E-state index contributed by atoms with van der Waals surface area (Å²) in [6, 6.07) is 14.8. The Morgan fingerprint density at radius 3 is 2.23 bits per heavy atom. The number of benzene rings is 2. The van der Waals surface area contributed by atoms with E-state index in [9.17, 15) is 9.59 Å². The van der Waals surface area contributed by atoms with Crippen LogP contribution in [-0.4, -0.2) is 18.4 Å². The molecule has 0 fully saturated rings. The Kier molecular flexibility index (Phi) is 5.10. The van der Waals surface area contributed by atoms with Crippen LogP contribution < -0.4 is 0 Å². The molecule has 0 amide bonds. The predicted molar refractivity (Wildman–Crippen MR) is 87.0 cm³/mol. The number of ketones is 1. The summed E-state index contributed by atoms with van der Waals surface area (Å²) in [6.07, 6.45) is 0. The van der Waals surface area contributed by atoms with Gasteiger partial charge in [0.15, 0.2) is 5.78 Å². The summed E-state index contributed by atoms with van der Waals surface area (Å²) in [5.41, 5.74) is 3.13. The fourth-order valence-electron chi connectivity index (χ4n) is 2.20. The molecule has 2 aromatic rings. The first-order valence-electron chi connectivity index (χ1n) is 7.44. The van der Waals surface area contributed by atoms with Gasteiger partial charge in [0.2, 0.25) is 0 Å². The smallest absolute Gasteiger partial charge is 0.338 e. The van der Waals surface area contributed by atoms with E-state index in [0.29, 0.717) is 17.7 Å². The van der Waals surface area contributed by atoms with Crippen molar-refractivity contribution in [1.29, 1.82) is 0 Å². The van der Waals surface area contributed by atoms with Crippen molar-refractivity contribution < 1.29 is 14.3 Å². The van der Waals surface area contributed by atoms with E-state index in [1.807, 2.05) is 50.2 Å². The van der Waals surface area contributed by atoms with Gasteiger partial charge in [-0.05, 0) is 30.2 Å². The van der Waals surface area contributed by atoms with Crippen molar-refractivity contribution in [2.24, 2.45) is 5.92 Å². The molecule has 2 rings (SSSR count). The van der Waals surface area contributed by atoms with Gasteiger partial charge in [0, 0.05) is 11.5 Å². The molecule has 0 N–H and O–H groups in total. The van der Waals surface area contributed by atoms with E-state index in [-0.39, 0.29) is 17.7 Å². The zero-order chi connectivity index (χ0) is 16.1. The second-order valence-electron chi connectivity index (χ2n) is 5.40. The van der Waals surface area contributed by atoms with Crippen molar-refractivity contribution in [3.8, 4) is 11.1 Å². The number of esters is 1. The first-order chi connectivity index (χ1) is 10.5. The van der Waals surface area contributed by atoms with E-state index in [2.05, 4.69) is 0 Å². The van der Waals surface area contributed by atoms with Crippen LogP contribution in [0.15, 0.2) is 48.5 Å². The summed E-state index contributed by atoms with van der Waals surface area (Å²) in [6.45, 7) is 5.92. The molecular weight excluding hydrogens is 276 g/mol. The molecule has 3 heteroatoms. The van der Waals surface area contributed by atoms with E-state index in [1.54, 1.807) is 19.1 Å². The van der Waals surface area contributed by atoms with Crippen LogP contribution in [0.4, 0.5) is 0 Å². The standard InChI is InChI=1S/C19H20O3/c1-4-22-19(21)17-7-5-6-16(12-17)14-8-10-15(11-9-14)18(20)13(2)3/h5-13H,4H2,1-3H3. The van der Waals surface area contributed by atoms with Crippen LogP contribution in [0.2, 0.25) is 0 Å². The molecule has 2 aromatic carbocycles. The highest BCUT2D eigenvalue weighted by Crippen LogP contribution is 2.22. The largest absolute Gasteiger partial charge is 0.462 e. The summed E-state index contributed by atoms with van der Waals surface area (Å²) in [7, 11) is 0. The maximum Gasteiger partial charge on any atom is 0.338 e. The number of ether oxygens (including phenoxy) is 1. The van der Waals surface area contributed by atoms with Gasteiger partial charge < -0.3 is 4.74 Å². The molecule has 0 saturated carbocycles. The lowest BCUT2D eigenvalue weighted by Gasteiger charge is -2.07. The van der Waals surface area contributed by atoms with E-state index in [4.69, 9.17) is 4.74 Å². The van der Waals surface area contributed by atoms with Crippen LogP contribution in [-0.2, 0) is 4.74 Å². The third-order valence-electron chi connectivity index (χ3n) is 3.40. The van der Waals surface area contributed by atoms with Gasteiger partial charge in [-0.3, -0.25) is 4.79 Å². The van der Waals surface area contributed by atoms with E-state index in [0.717, 1.165) is 11.1 Å². The van der Waals surface area contributed by atoms with Crippen molar-refractivity contribution in [1.82, 2.24) is 0 Å². The van der Waals surface area contributed by atoms with Crippen molar-refractivity contribution in [3.05, 3.63) is 59.7 Å². The number of hydrogen-bond acceptors (Lipinski definition) is 3. The fraction of sp³-hybridized carbons (Fsp3) is 0.263. The minimum atomic E-state index is -0.323. The molecule has 0 spiro atoms. The third-order valence-corrected chi connectivity index (χ3v) is 3.40. The van der Waals surface area contributed by atoms with Crippen LogP contribution in [0, 0.1) is 5.92 Å². The van der Waals surface area contributed by atoms with Crippen LogP contribution in [0.3, 0.4) is 0 Å². The van der Waals surface area contributed by atoms with Crippen molar-refractivity contribution >= 4 is 11.8 Å². The molecule has 0 atom stereocenters. The van der Waals surface area contributed by atoms with E-state index in [1.165, 1.54) is 0 Å². The minimum Gasteiger partial charge on any atom is -0.462 e. The summed E-state index contributed by atoms with van der Waals surface area (Å²) < 4.78 is 5.01. The molecule has 0 aliphatic heterocycles. The zero-order valence-corrected chi connectivity index (χ0v) is 13.1. The van der Waals surface area contributed by atoms with Gasteiger partial charge in [-0.25, -0.2) is 4.79 Å². The number of hydrogen-bond donors (Lipinski definition) is 0. The van der Waals surface area contributed by atoms with Gasteiger partial charge in [-0.1, -0.05) is 50.2 Å². The lowest BCUT2D eigenvalue weighted by Crippen LogP contribution is -2.07. The Labute approximate surface area is 130 Å². The van der Waals surface area contributed by atoms with Gasteiger partial charge >= 0.3 is 5.97 Å². The topological polar surface area (TPSA) is 43.4 Å². The van der Waals surface area contributed by atoms with Crippen molar-refractivity contribution in [2.45, 2.75) is 20.8 Å². The fourth-order valence-corrected chi connectivity index (χ4v) is 2.20. The number of Topliss-reactive ketones (excluding diaryl/α,β-unsaturated/α-hetero) is 1. The van der Waals surface area contributed by atoms with Gasteiger partial charge in [0.1, 0.15) is 0 Å². The Bertz CT molecular complexity index is 669. The van der Waals surface area contributed by atoms with Crippen LogP contribution in [0.5, 0.6) is 0 Å². The molecule has 0 aliphatic carbocycles.